The molecule has 6 unspecified atom stereocenters. The fraction of sp³-hybridized carbons (Fsp3) is 0.980. The first-order valence-electron chi connectivity index (χ1n) is 25.6. The Bertz CT molecular complexity index is 873. The van der Waals surface area contributed by atoms with E-state index in [0.717, 1.165) is 32.1 Å². The highest BCUT2D eigenvalue weighted by Crippen LogP contribution is 2.23. The van der Waals surface area contributed by atoms with Crippen LogP contribution in [0.1, 0.15) is 251 Å². The number of rotatable bonds is 45. The summed E-state index contributed by atoms with van der Waals surface area (Å²) in [6.07, 6.45) is 39.9. The molecule has 1 saturated heterocycles. The van der Waals surface area contributed by atoms with Crippen molar-refractivity contribution in [3.63, 3.8) is 0 Å². The number of hydrogen-bond acceptors (Lipinski definition) is 9. The highest BCUT2D eigenvalue weighted by atomic mass is 16.7. The van der Waals surface area contributed by atoms with Crippen LogP contribution in [0.5, 0.6) is 0 Å². The summed E-state index contributed by atoms with van der Waals surface area (Å²) in [5.41, 5.74) is 0. The lowest BCUT2D eigenvalue weighted by Crippen LogP contribution is -2.59. The molecular weight excluding hydrogens is 745 g/mol. The number of carbonyl (C=O) groups is 1. The maximum atomic E-state index is 12.8. The number of carbonyl (C=O) groups excluding carboxylic acids is 1. The van der Waals surface area contributed by atoms with Gasteiger partial charge in [0.25, 0.3) is 0 Å². The molecule has 1 heterocycles. The lowest BCUT2D eigenvalue weighted by Gasteiger charge is -2.39. The highest BCUT2D eigenvalue weighted by molar-refractivity contribution is 5.69. The van der Waals surface area contributed by atoms with Gasteiger partial charge in [-0.3, -0.25) is 4.79 Å². The molecule has 1 aliphatic rings. The monoisotopic (exact) mass is 843 g/mol. The standard InChI is InChI=1S/C50H98O9/c1-3-5-7-9-11-13-15-17-19-21-23-25-27-29-31-33-35-37-39-46(52)58-44(43-57-50-49(55)48(54)47(53)45(41-51)59-50)42-56-40-38-36-34-32-30-28-26-24-22-20-18-16-14-12-10-8-6-4-2/h44-45,47-51,53-55H,3-43H2,1-2H3. The molecule has 1 fully saturated rings. The zero-order chi connectivity index (χ0) is 42.9. The zero-order valence-corrected chi connectivity index (χ0v) is 38.8. The number of hydrogen-bond donors (Lipinski definition) is 4. The van der Waals surface area contributed by atoms with Gasteiger partial charge in [-0.25, -0.2) is 0 Å². The third-order valence-electron chi connectivity index (χ3n) is 12.3. The molecule has 0 amide bonds. The first-order valence-corrected chi connectivity index (χ1v) is 25.6. The van der Waals surface area contributed by atoms with Gasteiger partial charge >= 0.3 is 5.97 Å². The van der Waals surface area contributed by atoms with E-state index in [1.54, 1.807) is 0 Å². The van der Waals surface area contributed by atoms with Crippen LogP contribution in [-0.4, -0.2) is 89.6 Å². The number of ether oxygens (including phenoxy) is 4. The van der Waals surface area contributed by atoms with Crippen molar-refractivity contribution in [1.82, 2.24) is 0 Å². The van der Waals surface area contributed by atoms with E-state index in [-0.39, 0.29) is 19.2 Å². The predicted octanol–water partition coefficient (Wildman–Crippen LogP) is 12.2. The summed E-state index contributed by atoms with van der Waals surface area (Å²) in [5.74, 6) is -0.305. The molecule has 9 heteroatoms. The summed E-state index contributed by atoms with van der Waals surface area (Å²) in [4.78, 5) is 12.8. The summed E-state index contributed by atoms with van der Waals surface area (Å²) >= 11 is 0. The molecule has 1 rings (SSSR count). The Labute approximate surface area is 363 Å². The molecule has 0 radical (unpaired) electrons. The van der Waals surface area contributed by atoms with Gasteiger partial charge < -0.3 is 39.4 Å². The average Bonchev–Trinajstić information content (AvgIpc) is 3.24. The average molecular weight is 843 g/mol. The maximum Gasteiger partial charge on any atom is 0.306 e. The van der Waals surface area contributed by atoms with Crippen LogP contribution in [0, 0.1) is 0 Å². The Morgan fingerprint density at radius 1 is 0.475 bits per heavy atom. The molecule has 4 N–H and O–H groups in total. The van der Waals surface area contributed by atoms with Gasteiger partial charge in [-0.05, 0) is 12.8 Å². The van der Waals surface area contributed by atoms with Crippen LogP contribution in [0.2, 0.25) is 0 Å². The van der Waals surface area contributed by atoms with E-state index >= 15 is 0 Å². The first kappa shape index (κ1) is 56.2. The molecule has 9 nitrogen and oxygen atoms in total. The fourth-order valence-corrected chi connectivity index (χ4v) is 8.26. The Hall–Kier alpha value is -0.810. The van der Waals surface area contributed by atoms with Crippen molar-refractivity contribution in [1.29, 1.82) is 0 Å². The molecule has 59 heavy (non-hydrogen) atoms. The van der Waals surface area contributed by atoms with Crippen LogP contribution in [0.15, 0.2) is 0 Å². The van der Waals surface area contributed by atoms with Crippen molar-refractivity contribution in [2.75, 3.05) is 26.4 Å². The summed E-state index contributed by atoms with van der Waals surface area (Å²) in [6, 6.07) is 0. The van der Waals surface area contributed by atoms with E-state index in [1.807, 2.05) is 0 Å². The molecule has 352 valence electrons. The second kappa shape index (κ2) is 42.5. The van der Waals surface area contributed by atoms with E-state index < -0.39 is 43.4 Å². The number of esters is 1. The van der Waals surface area contributed by atoms with Gasteiger partial charge in [0.2, 0.25) is 0 Å². The van der Waals surface area contributed by atoms with E-state index in [0.29, 0.717) is 13.0 Å². The van der Waals surface area contributed by atoms with Gasteiger partial charge in [-0.2, -0.15) is 0 Å². The van der Waals surface area contributed by atoms with Gasteiger partial charge in [-0.15, -0.1) is 0 Å². The second-order valence-electron chi connectivity index (χ2n) is 18.0. The van der Waals surface area contributed by atoms with Crippen LogP contribution in [-0.2, 0) is 23.7 Å². The van der Waals surface area contributed by atoms with E-state index in [4.69, 9.17) is 18.9 Å². The summed E-state index contributed by atoms with van der Waals surface area (Å²) in [5, 5.41) is 40.2. The van der Waals surface area contributed by atoms with Crippen molar-refractivity contribution < 1.29 is 44.2 Å². The first-order chi connectivity index (χ1) is 28.9. The Morgan fingerprint density at radius 3 is 1.20 bits per heavy atom. The summed E-state index contributed by atoms with van der Waals surface area (Å²) in [7, 11) is 0. The Morgan fingerprint density at radius 2 is 0.831 bits per heavy atom. The normalized spacial score (nSPS) is 20.0. The van der Waals surface area contributed by atoms with E-state index in [1.165, 1.54) is 199 Å². The Kier molecular flexibility index (Phi) is 40.5. The largest absolute Gasteiger partial charge is 0.457 e. The fourth-order valence-electron chi connectivity index (χ4n) is 8.26. The third kappa shape index (κ3) is 33.4. The van der Waals surface area contributed by atoms with Gasteiger partial charge in [-0.1, -0.05) is 232 Å². The van der Waals surface area contributed by atoms with Crippen LogP contribution in [0.25, 0.3) is 0 Å². The molecule has 0 aliphatic carbocycles. The third-order valence-corrected chi connectivity index (χ3v) is 12.3. The minimum Gasteiger partial charge on any atom is -0.457 e. The van der Waals surface area contributed by atoms with Crippen LogP contribution < -0.4 is 0 Å². The number of aliphatic hydroxyl groups is 4. The lowest BCUT2D eigenvalue weighted by atomic mass is 9.99. The molecule has 1 aliphatic heterocycles. The number of aliphatic hydroxyl groups excluding tert-OH is 4. The van der Waals surface area contributed by atoms with Crippen molar-refractivity contribution in [2.24, 2.45) is 0 Å². The van der Waals surface area contributed by atoms with Gasteiger partial charge in [0.05, 0.1) is 19.8 Å². The molecule has 0 bridgehead atoms. The predicted molar refractivity (Wildman–Crippen MR) is 243 cm³/mol. The highest BCUT2D eigenvalue weighted by Gasteiger charge is 2.44. The summed E-state index contributed by atoms with van der Waals surface area (Å²) in [6.45, 7) is 4.63. The van der Waals surface area contributed by atoms with Crippen molar-refractivity contribution in [2.45, 2.75) is 288 Å². The topological polar surface area (TPSA) is 135 Å². The van der Waals surface area contributed by atoms with Gasteiger partial charge in [0.15, 0.2) is 6.29 Å². The van der Waals surface area contributed by atoms with Gasteiger partial charge in [0, 0.05) is 13.0 Å². The maximum absolute atomic E-state index is 12.8. The molecule has 0 saturated carbocycles. The van der Waals surface area contributed by atoms with E-state index in [9.17, 15) is 25.2 Å². The summed E-state index contributed by atoms with van der Waals surface area (Å²) < 4.78 is 22.9. The number of unbranched alkanes of at least 4 members (excludes halogenated alkanes) is 34. The lowest BCUT2D eigenvalue weighted by molar-refractivity contribution is -0.305. The van der Waals surface area contributed by atoms with Crippen LogP contribution in [0.3, 0.4) is 0 Å². The molecule has 0 aromatic carbocycles. The van der Waals surface area contributed by atoms with Crippen molar-refractivity contribution >= 4 is 5.97 Å². The minimum absolute atomic E-state index is 0.104. The van der Waals surface area contributed by atoms with Crippen molar-refractivity contribution in [3.8, 4) is 0 Å². The quantitative estimate of drug-likeness (QED) is 0.0349. The molecule has 0 aromatic heterocycles. The van der Waals surface area contributed by atoms with Crippen LogP contribution >= 0.6 is 0 Å². The molecule has 6 atom stereocenters. The van der Waals surface area contributed by atoms with Gasteiger partial charge in [0.1, 0.15) is 30.5 Å². The van der Waals surface area contributed by atoms with Crippen molar-refractivity contribution in [3.05, 3.63) is 0 Å². The smallest absolute Gasteiger partial charge is 0.306 e. The zero-order valence-electron chi connectivity index (χ0n) is 38.8. The molecule has 0 aromatic rings. The van der Waals surface area contributed by atoms with Crippen LogP contribution in [0.4, 0.5) is 0 Å². The minimum atomic E-state index is -1.53. The Balaban J connectivity index is 2.19. The molecule has 0 spiro atoms. The second-order valence-corrected chi connectivity index (χ2v) is 18.0. The molecular formula is C50H98O9. The van der Waals surface area contributed by atoms with E-state index in [2.05, 4.69) is 13.8 Å². The SMILES string of the molecule is CCCCCCCCCCCCCCCCCCCCOCC(COC1OC(CO)C(O)C(O)C1O)OC(=O)CCCCCCCCCCCCCCCCCCCC.